The van der Waals surface area contributed by atoms with Crippen molar-refractivity contribution in [3.63, 3.8) is 0 Å². The topological polar surface area (TPSA) is 79.3 Å². The van der Waals surface area contributed by atoms with Crippen LogP contribution >= 0.6 is 11.6 Å². The van der Waals surface area contributed by atoms with Crippen LogP contribution in [0.25, 0.3) is 0 Å². The quantitative estimate of drug-likeness (QED) is 0.814. The SMILES string of the molecule is O=S(=O)(CC1CCNCC1)c1cncc(C2CCc3c(Cl)ccc(O)c32)c1. The van der Waals surface area contributed by atoms with Crippen LogP contribution in [0.15, 0.2) is 35.5 Å². The fourth-order valence-electron chi connectivity index (χ4n) is 4.29. The van der Waals surface area contributed by atoms with Crippen molar-refractivity contribution in [2.24, 2.45) is 5.92 Å². The lowest BCUT2D eigenvalue weighted by molar-refractivity contribution is 0.401. The molecule has 1 aromatic heterocycles. The Kier molecular flexibility index (Phi) is 5.14. The Morgan fingerprint density at radius 3 is 2.74 bits per heavy atom. The Labute approximate surface area is 164 Å². The van der Waals surface area contributed by atoms with Crippen molar-refractivity contribution in [3.05, 3.63) is 52.3 Å². The van der Waals surface area contributed by atoms with E-state index in [9.17, 15) is 13.5 Å². The van der Waals surface area contributed by atoms with Gasteiger partial charge < -0.3 is 10.4 Å². The van der Waals surface area contributed by atoms with E-state index in [2.05, 4.69) is 10.3 Å². The zero-order valence-corrected chi connectivity index (χ0v) is 16.6. The van der Waals surface area contributed by atoms with Gasteiger partial charge in [0.05, 0.1) is 10.6 Å². The molecule has 2 N–H and O–H groups in total. The summed E-state index contributed by atoms with van der Waals surface area (Å²) >= 11 is 6.28. The molecule has 4 rings (SSSR count). The van der Waals surface area contributed by atoms with Gasteiger partial charge in [-0.15, -0.1) is 0 Å². The van der Waals surface area contributed by atoms with Gasteiger partial charge in [-0.3, -0.25) is 4.98 Å². The summed E-state index contributed by atoms with van der Waals surface area (Å²) in [6, 6.07) is 5.03. The Bertz CT molecular complexity index is 956. The van der Waals surface area contributed by atoms with Gasteiger partial charge in [-0.25, -0.2) is 8.42 Å². The van der Waals surface area contributed by atoms with E-state index in [0.29, 0.717) is 5.02 Å². The van der Waals surface area contributed by atoms with Crippen LogP contribution in [-0.2, 0) is 16.3 Å². The maximum absolute atomic E-state index is 12.9. The van der Waals surface area contributed by atoms with Gasteiger partial charge in [-0.2, -0.15) is 0 Å². The van der Waals surface area contributed by atoms with Gasteiger partial charge in [-0.1, -0.05) is 11.6 Å². The monoisotopic (exact) mass is 406 g/mol. The molecule has 1 aliphatic heterocycles. The number of hydrogen-bond donors (Lipinski definition) is 2. The summed E-state index contributed by atoms with van der Waals surface area (Å²) in [6.45, 7) is 1.74. The third kappa shape index (κ3) is 3.71. The van der Waals surface area contributed by atoms with Crippen LogP contribution in [0.4, 0.5) is 0 Å². The van der Waals surface area contributed by atoms with Gasteiger partial charge in [0.2, 0.25) is 0 Å². The number of rotatable bonds is 4. The molecular formula is C20H23ClN2O3S. The number of nitrogens with zero attached hydrogens (tertiary/aromatic N) is 1. The van der Waals surface area contributed by atoms with Crippen LogP contribution in [0.1, 0.15) is 41.9 Å². The van der Waals surface area contributed by atoms with E-state index in [1.807, 2.05) is 0 Å². The minimum Gasteiger partial charge on any atom is -0.508 e. The van der Waals surface area contributed by atoms with Crippen LogP contribution in [0, 0.1) is 5.92 Å². The zero-order valence-electron chi connectivity index (χ0n) is 15.0. The second-order valence-electron chi connectivity index (χ2n) is 7.48. The average Bonchev–Trinajstić information content (AvgIpc) is 3.12. The van der Waals surface area contributed by atoms with Gasteiger partial charge in [0, 0.05) is 28.9 Å². The predicted molar refractivity (Wildman–Crippen MR) is 105 cm³/mol. The third-order valence-corrected chi connectivity index (χ3v) is 7.92. The van der Waals surface area contributed by atoms with Gasteiger partial charge in [0.25, 0.3) is 0 Å². The molecule has 0 radical (unpaired) electrons. The van der Waals surface area contributed by atoms with E-state index in [1.54, 1.807) is 24.4 Å². The maximum Gasteiger partial charge on any atom is 0.180 e. The summed E-state index contributed by atoms with van der Waals surface area (Å²) in [4.78, 5) is 4.48. The molecule has 1 aliphatic carbocycles. The highest BCUT2D eigenvalue weighted by Gasteiger charge is 2.30. The molecule has 0 spiro atoms. The molecule has 144 valence electrons. The predicted octanol–water partition coefficient (Wildman–Crippen LogP) is 3.29. The van der Waals surface area contributed by atoms with Gasteiger partial charge in [-0.05, 0) is 74.0 Å². The van der Waals surface area contributed by atoms with E-state index >= 15 is 0 Å². The van der Waals surface area contributed by atoms with Crippen LogP contribution in [-0.4, -0.2) is 37.4 Å². The summed E-state index contributed by atoms with van der Waals surface area (Å²) in [5.41, 5.74) is 2.57. The van der Waals surface area contributed by atoms with E-state index in [4.69, 9.17) is 11.6 Å². The molecule has 0 amide bonds. The number of phenolic OH excluding ortho intramolecular Hbond substituents is 1. The summed E-state index contributed by atoms with van der Waals surface area (Å²) in [7, 11) is -3.39. The smallest absolute Gasteiger partial charge is 0.180 e. The van der Waals surface area contributed by atoms with E-state index in [1.165, 1.54) is 6.20 Å². The third-order valence-electron chi connectivity index (χ3n) is 5.72. The first-order chi connectivity index (χ1) is 13.0. The lowest BCUT2D eigenvalue weighted by Gasteiger charge is -2.22. The molecule has 1 aromatic carbocycles. The number of piperidine rings is 1. The Hall–Kier alpha value is -1.63. The minimum absolute atomic E-state index is 0.0831. The molecule has 1 atom stereocenters. The number of fused-ring (bicyclic) bond motifs is 1. The first-order valence-electron chi connectivity index (χ1n) is 9.34. The number of halogens is 1. The number of pyridine rings is 1. The van der Waals surface area contributed by atoms with Gasteiger partial charge >= 0.3 is 0 Å². The van der Waals surface area contributed by atoms with Crippen LogP contribution in [0.3, 0.4) is 0 Å². The Morgan fingerprint density at radius 2 is 1.96 bits per heavy atom. The van der Waals surface area contributed by atoms with Crippen molar-refractivity contribution in [1.82, 2.24) is 10.3 Å². The molecule has 2 aliphatic rings. The fourth-order valence-corrected chi connectivity index (χ4v) is 6.23. The second kappa shape index (κ2) is 7.41. The number of sulfone groups is 1. The van der Waals surface area contributed by atoms with Crippen molar-refractivity contribution < 1.29 is 13.5 Å². The van der Waals surface area contributed by atoms with Crippen molar-refractivity contribution in [3.8, 4) is 5.75 Å². The highest BCUT2D eigenvalue weighted by molar-refractivity contribution is 7.91. The van der Waals surface area contributed by atoms with Crippen molar-refractivity contribution in [2.75, 3.05) is 18.8 Å². The number of nitrogens with one attached hydrogen (secondary N) is 1. The number of aromatic nitrogens is 1. The molecule has 27 heavy (non-hydrogen) atoms. The van der Waals surface area contributed by atoms with E-state index in [0.717, 1.165) is 55.5 Å². The normalized spacial score (nSPS) is 20.6. The summed E-state index contributed by atoms with van der Waals surface area (Å²) < 4.78 is 25.8. The lowest BCUT2D eigenvalue weighted by atomic mass is 9.93. The van der Waals surface area contributed by atoms with E-state index in [-0.39, 0.29) is 28.2 Å². The van der Waals surface area contributed by atoms with Crippen LogP contribution in [0.5, 0.6) is 5.75 Å². The highest BCUT2D eigenvalue weighted by atomic mass is 35.5. The first kappa shape index (κ1) is 18.7. The molecule has 1 fully saturated rings. The highest BCUT2D eigenvalue weighted by Crippen LogP contribution is 2.45. The summed E-state index contributed by atoms with van der Waals surface area (Å²) in [5.74, 6) is 0.480. The minimum atomic E-state index is -3.39. The van der Waals surface area contributed by atoms with Crippen LogP contribution in [0.2, 0.25) is 5.02 Å². The van der Waals surface area contributed by atoms with Crippen molar-refractivity contribution in [2.45, 2.75) is 36.5 Å². The van der Waals surface area contributed by atoms with Crippen molar-refractivity contribution >= 4 is 21.4 Å². The second-order valence-corrected chi connectivity index (χ2v) is 9.92. The number of benzene rings is 1. The standard InChI is InChI=1S/C20H23ClN2O3S/c21-18-3-4-19(24)20-16(1-2-17(18)20)14-9-15(11-23-10-14)27(25,26)12-13-5-7-22-8-6-13/h3-4,9-11,13,16,22,24H,1-2,5-8,12H2. The zero-order chi connectivity index (χ0) is 19.0. The first-order valence-corrected chi connectivity index (χ1v) is 11.4. The molecule has 0 bridgehead atoms. The van der Waals surface area contributed by atoms with E-state index < -0.39 is 9.84 Å². The van der Waals surface area contributed by atoms with Gasteiger partial charge in [0.1, 0.15) is 5.75 Å². The molecule has 1 unspecified atom stereocenters. The Balaban J connectivity index is 1.64. The lowest BCUT2D eigenvalue weighted by Crippen LogP contribution is -2.31. The maximum atomic E-state index is 12.9. The number of aromatic hydroxyl groups is 1. The summed E-state index contributed by atoms with van der Waals surface area (Å²) in [5, 5.41) is 14.2. The van der Waals surface area contributed by atoms with Gasteiger partial charge in [0.15, 0.2) is 9.84 Å². The molecule has 1 saturated heterocycles. The molecule has 2 aromatic rings. The van der Waals surface area contributed by atoms with Crippen LogP contribution < -0.4 is 5.32 Å². The molecular weight excluding hydrogens is 384 g/mol. The molecule has 2 heterocycles. The molecule has 7 heteroatoms. The molecule has 0 saturated carbocycles. The summed E-state index contributed by atoms with van der Waals surface area (Å²) in [6.07, 6.45) is 6.45. The largest absolute Gasteiger partial charge is 0.508 e. The average molecular weight is 407 g/mol. The Morgan fingerprint density at radius 1 is 1.19 bits per heavy atom. The number of hydrogen-bond acceptors (Lipinski definition) is 5. The number of phenols is 1. The molecule has 5 nitrogen and oxygen atoms in total. The van der Waals surface area contributed by atoms with Crippen molar-refractivity contribution in [1.29, 1.82) is 0 Å². The fraction of sp³-hybridized carbons (Fsp3) is 0.450.